The molecule has 2 aliphatic heterocycles. The van der Waals surface area contributed by atoms with Crippen LogP contribution in [0.15, 0.2) is 24.3 Å². The maximum atomic E-state index is 12.6. The highest BCUT2D eigenvalue weighted by molar-refractivity contribution is 6.05. The molecule has 2 amide bonds. The van der Waals surface area contributed by atoms with Gasteiger partial charge in [-0.25, -0.2) is 0 Å². The van der Waals surface area contributed by atoms with E-state index in [0.717, 1.165) is 58.5 Å². The Kier molecular flexibility index (Phi) is 5.45. The van der Waals surface area contributed by atoms with Crippen LogP contribution in [0.2, 0.25) is 0 Å². The first-order valence-electron chi connectivity index (χ1n) is 10.1. The van der Waals surface area contributed by atoms with Crippen molar-refractivity contribution in [3.63, 3.8) is 0 Å². The van der Waals surface area contributed by atoms with Crippen LogP contribution in [0, 0.1) is 11.8 Å². The van der Waals surface area contributed by atoms with Crippen molar-refractivity contribution in [2.45, 2.75) is 32.2 Å². The van der Waals surface area contributed by atoms with Crippen LogP contribution in [-0.2, 0) is 20.9 Å². The normalized spacial score (nSPS) is 26.0. The molecule has 6 nitrogen and oxygen atoms in total. The Morgan fingerprint density at radius 1 is 1.00 bits per heavy atom. The predicted molar refractivity (Wildman–Crippen MR) is 103 cm³/mol. The number of hydrogen-bond donors (Lipinski definition) is 0. The molecule has 146 valence electrons. The van der Waals surface area contributed by atoms with Crippen LogP contribution >= 0.6 is 0 Å². The monoisotopic (exact) mass is 371 g/mol. The van der Waals surface area contributed by atoms with E-state index in [1.54, 1.807) is 0 Å². The standard InChI is InChI=1S/C21H29N3O3/c1-22(15-24-20(25)18-4-2-3-5-19(18)21(24)26)14-16-6-8-17(9-7-16)23-10-12-27-13-11-23/h6-9,18-19H,2-5,10-15H2,1H3. The van der Waals surface area contributed by atoms with E-state index in [4.69, 9.17) is 4.74 Å². The Morgan fingerprint density at radius 2 is 1.59 bits per heavy atom. The van der Waals surface area contributed by atoms with Gasteiger partial charge in [0.15, 0.2) is 0 Å². The van der Waals surface area contributed by atoms with E-state index >= 15 is 0 Å². The minimum atomic E-state index is -0.0625. The number of ether oxygens (including phenoxy) is 1. The van der Waals surface area contributed by atoms with Crippen LogP contribution in [0.4, 0.5) is 5.69 Å². The molecule has 2 heterocycles. The van der Waals surface area contributed by atoms with Crippen molar-refractivity contribution < 1.29 is 14.3 Å². The van der Waals surface area contributed by atoms with E-state index in [9.17, 15) is 9.59 Å². The second-order valence-electron chi connectivity index (χ2n) is 8.02. The molecule has 2 saturated heterocycles. The summed E-state index contributed by atoms with van der Waals surface area (Å²) < 4.78 is 5.41. The maximum absolute atomic E-state index is 12.6. The van der Waals surface area contributed by atoms with E-state index in [-0.39, 0.29) is 23.7 Å². The summed E-state index contributed by atoms with van der Waals surface area (Å²) in [5.41, 5.74) is 2.41. The molecule has 1 aliphatic carbocycles. The number of fused-ring (bicyclic) bond motifs is 1. The van der Waals surface area contributed by atoms with Crippen molar-refractivity contribution in [3.8, 4) is 0 Å². The summed E-state index contributed by atoms with van der Waals surface area (Å²) in [6.45, 7) is 4.53. The average molecular weight is 371 g/mol. The van der Waals surface area contributed by atoms with Gasteiger partial charge in [0.2, 0.25) is 11.8 Å². The molecular formula is C21H29N3O3. The highest BCUT2D eigenvalue weighted by Gasteiger charge is 2.48. The fraction of sp³-hybridized carbons (Fsp3) is 0.619. The van der Waals surface area contributed by atoms with Crippen molar-refractivity contribution in [2.24, 2.45) is 11.8 Å². The summed E-state index contributed by atoms with van der Waals surface area (Å²) in [4.78, 5) is 31.1. The van der Waals surface area contributed by atoms with Gasteiger partial charge in [0.05, 0.1) is 31.7 Å². The van der Waals surface area contributed by atoms with Crippen molar-refractivity contribution in [1.82, 2.24) is 9.80 Å². The summed E-state index contributed by atoms with van der Waals surface area (Å²) in [7, 11) is 1.97. The molecule has 0 N–H and O–H groups in total. The molecular weight excluding hydrogens is 342 g/mol. The summed E-state index contributed by atoms with van der Waals surface area (Å²) in [5.74, 6) is -0.0432. The van der Waals surface area contributed by atoms with Gasteiger partial charge >= 0.3 is 0 Å². The molecule has 1 saturated carbocycles. The lowest BCUT2D eigenvalue weighted by atomic mass is 9.81. The zero-order valence-corrected chi connectivity index (χ0v) is 16.1. The third-order valence-electron chi connectivity index (χ3n) is 6.08. The third-order valence-corrected chi connectivity index (χ3v) is 6.08. The van der Waals surface area contributed by atoms with Crippen molar-refractivity contribution in [2.75, 3.05) is 44.9 Å². The number of hydrogen-bond acceptors (Lipinski definition) is 5. The number of benzene rings is 1. The molecule has 2 atom stereocenters. The molecule has 1 aromatic rings. The van der Waals surface area contributed by atoms with Gasteiger partial charge in [-0.05, 0) is 37.6 Å². The van der Waals surface area contributed by atoms with Crippen LogP contribution in [0.1, 0.15) is 31.2 Å². The van der Waals surface area contributed by atoms with Gasteiger partial charge in [-0.3, -0.25) is 19.4 Å². The minimum absolute atomic E-state index is 0.0409. The predicted octanol–water partition coefficient (Wildman–Crippen LogP) is 2.09. The number of anilines is 1. The van der Waals surface area contributed by atoms with Gasteiger partial charge in [0.25, 0.3) is 0 Å². The smallest absolute Gasteiger partial charge is 0.234 e. The minimum Gasteiger partial charge on any atom is -0.378 e. The molecule has 3 aliphatic rings. The summed E-state index contributed by atoms with van der Waals surface area (Å²) in [6.07, 6.45) is 3.88. The Hall–Kier alpha value is -1.92. The molecule has 0 spiro atoms. The van der Waals surface area contributed by atoms with Crippen LogP contribution in [0.3, 0.4) is 0 Å². The largest absolute Gasteiger partial charge is 0.378 e. The first kappa shape index (κ1) is 18.4. The van der Waals surface area contributed by atoms with Gasteiger partial charge < -0.3 is 9.64 Å². The van der Waals surface area contributed by atoms with Gasteiger partial charge in [-0.2, -0.15) is 0 Å². The lowest BCUT2D eigenvalue weighted by molar-refractivity contribution is -0.142. The number of amides is 2. The molecule has 3 fully saturated rings. The van der Waals surface area contributed by atoms with E-state index in [1.165, 1.54) is 16.2 Å². The molecule has 2 unspecified atom stereocenters. The van der Waals surface area contributed by atoms with Gasteiger partial charge in [-0.15, -0.1) is 0 Å². The number of morpholine rings is 1. The lowest BCUT2D eigenvalue weighted by Gasteiger charge is -2.29. The average Bonchev–Trinajstić information content (AvgIpc) is 2.94. The third kappa shape index (κ3) is 3.87. The zero-order chi connectivity index (χ0) is 18.8. The topological polar surface area (TPSA) is 53.1 Å². The molecule has 0 aromatic heterocycles. The van der Waals surface area contributed by atoms with Crippen LogP contribution in [0.25, 0.3) is 0 Å². The second-order valence-corrected chi connectivity index (χ2v) is 8.02. The Labute approximate surface area is 161 Å². The first-order chi connectivity index (χ1) is 13.1. The van der Waals surface area contributed by atoms with Crippen LogP contribution in [-0.4, -0.2) is 61.6 Å². The second kappa shape index (κ2) is 7.98. The number of nitrogens with zero attached hydrogens (tertiary/aromatic N) is 3. The quantitative estimate of drug-likeness (QED) is 0.742. The van der Waals surface area contributed by atoms with Crippen molar-refractivity contribution >= 4 is 17.5 Å². The van der Waals surface area contributed by atoms with Crippen LogP contribution in [0.5, 0.6) is 0 Å². The molecule has 0 radical (unpaired) electrons. The van der Waals surface area contributed by atoms with E-state index in [0.29, 0.717) is 6.67 Å². The number of imide groups is 1. The van der Waals surface area contributed by atoms with E-state index in [1.807, 2.05) is 7.05 Å². The Bertz CT molecular complexity index is 660. The fourth-order valence-electron chi connectivity index (χ4n) is 4.61. The summed E-state index contributed by atoms with van der Waals surface area (Å²) >= 11 is 0. The zero-order valence-electron chi connectivity index (χ0n) is 16.1. The number of rotatable bonds is 5. The van der Waals surface area contributed by atoms with Crippen molar-refractivity contribution in [3.05, 3.63) is 29.8 Å². The maximum Gasteiger partial charge on any atom is 0.234 e. The summed E-state index contributed by atoms with van der Waals surface area (Å²) in [6, 6.07) is 8.56. The first-order valence-corrected chi connectivity index (χ1v) is 10.1. The molecule has 6 heteroatoms. The SMILES string of the molecule is CN(Cc1ccc(N2CCOCC2)cc1)CN1C(=O)C2CCCCC2C1=O. The Morgan fingerprint density at radius 3 is 2.19 bits per heavy atom. The molecule has 1 aromatic carbocycles. The lowest BCUT2D eigenvalue weighted by Crippen LogP contribution is -2.40. The number of likely N-dealkylation sites (tertiary alicyclic amines) is 1. The van der Waals surface area contributed by atoms with Gasteiger partial charge in [-0.1, -0.05) is 25.0 Å². The molecule has 0 bridgehead atoms. The molecule has 27 heavy (non-hydrogen) atoms. The van der Waals surface area contributed by atoms with Crippen LogP contribution < -0.4 is 4.90 Å². The highest BCUT2D eigenvalue weighted by Crippen LogP contribution is 2.38. The van der Waals surface area contributed by atoms with Gasteiger partial charge in [0, 0.05) is 25.3 Å². The van der Waals surface area contributed by atoms with E-state index < -0.39 is 0 Å². The highest BCUT2D eigenvalue weighted by atomic mass is 16.5. The van der Waals surface area contributed by atoms with E-state index in [2.05, 4.69) is 34.1 Å². The van der Waals surface area contributed by atoms with Gasteiger partial charge in [0.1, 0.15) is 0 Å². The Balaban J connectivity index is 1.34. The summed E-state index contributed by atoms with van der Waals surface area (Å²) in [5, 5.41) is 0. The number of carbonyl (C=O) groups is 2. The fourth-order valence-corrected chi connectivity index (χ4v) is 4.61. The number of carbonyl (C=O) groups excluding carboxylic acids is 2. The molecule has 4 rings (SSSR count). The van der Waals surface area contributed by atoms with Crippen molar-refractivity contribution in [1.29, 1.82) is 0 Å².